The van der Waals surface area contributed by atoms with Gasteiger partial charge >= 0.3 is 11.8 Å². The first kappa shape index (κ1) is 19.3. The highest BCUT2D eigenvalue weighted by molar-refractivity contribution is 6.39. The Labute approximate surface area is 151 Å². The number of benzene rings is 1. The van der Waals surface area contributed by atoms with E-state index >= 15 is 0 Å². The SMILES string of the molecule is CCC1CCCCN1C(=O)C(=O)Nc1ccc(N(CC)CC)cc1C. The molecule has 1 saturated heterocycles. The molecule has 0 aromatic heterocycles. The minimum atomic E-state index is -0.529. The van der Waals surface area contributed by atoms with E-state index in [1.807, 2.05) is 19.1 Å². The molecule has 0 spiro atoms. The van der Waals surface area contributed by atoms with Gasteiger partial charge in [-0.15, -0.1) is 0 Å². The number of nitrogens with zero attached hydrogens (tertiary/aromatic N) is 2. The maximum atomic E-state index is 12.6. The highest BCUT2D eigenvalue weighted by Crippen LogP contribution is 2.24. The summed E-state index contributed by atoms with van der Waals surface area (Å²) in [4.78, 5) is 29.0. The van der Waals surface area contributed by atoms with Crippen molar-refractivity contribution in [1.29, 1.82) is 0 Å². The van der Waals surface area contributed by atoms with Crippen LogP contribution in [0.3, 0.4) is 0 Å². The topological polar surface area (TPSA) is 52.7 Å². The summed E-state index contributed by atoms with van der Waals surface area (Å²) in [5.41, 5.74) is 2.81. The third-order valence-electron chi connectivity index (χ3n) is 5.14. The molecule has 1 unspecified atom stereocenters. The van der Waals surface area contributed by atoms with E-state index in [1.165, 1.54) is 0 Å². The predicted molar refractivity (Wildman–Crippen MR) is 103 cm³/mol. The Morgan fingerprint density at radius 1 is 1.20 bits per heavy atom. The molecule has 1 aliphatic rings. The second kappa shape index (κ2) is 8.88. The van der Waals surface area contributed by atoms with Crippen LogP contribution in [-0.4, -0.2) is 42.4 Å². The summed E-state index contributed by atoms with van der Waals surface area (Å²) in [5, 5.41) is 2.81. The fraction of sp³-hybridized carbons (Fsp3) is 0.600. The van der Waals surface area contributed by atoms with Gasteiger partial charge in [-0.3, -0.25) is 9.59 Å². The lowest BCUT2D eigenvalue weighted by Gasteiger charge is -2.34. The Bertz CT molecular complexity index is 611. The first-order valence-corrected chi connectivity index (χ1v) is 9.49. The van der Waals surface area contributed by atoms with Crippen LogP contribution in [0.4, 0.5) is 11.4 Å². The molecule has 2 amide bonds. The van der Waals surface area contributed by atoms with Crippen LogP contribution in [0, 0.1) is 6.92 Å². The molecule has 0 radical (unpaired) electrons. The predicted octanol–water partition coefficient (Wildman–Crippen LogP) is 3.57. The van der Waals surface area contributed by atoms with Gasteiger partial charge in [-0.2, -0.15) is 0 Å². The van der Waals surface area contributed by atoms with Crippen molar-refractivity contribution in [3.05, 3.63) is 23.8 Å². The number of piperidine rings is 1. The van der Waals surface area contributed by atoms with Gasteiger partial charge in [0, 0.05) is 37.1 Å². The van der Waals surface area contributed by atoms with Crippen molar-refractivity contribution in [2.45, 2.75) is 59.4 Å². The lowest BCUT2D eigenvalue weighted by molar-refractivity contribution is -0.145. The van der Waals surface area contributed by atoms with Crippen LogP contribution in [0.1, 0.15) is 52.0 Å². The number of hydrogen-bond acceptors (Lipinski definition) is 3. The highest BCUT2D eigenvalue weighted by Gasteiger charge is 2.29. The summed E-state index contributed by atoms with van der Waals surface area (Å²) >= 11 is 0. The Kier molecular flexibility index (Phi) is 6.85. The van der Waals surface area contributed by atoms with Crippen molar-refractivity contribution in [3.63, 3.8) is 0 Å². The first-order valence-electron chi connectivity index (χ1n) is 9.49. The Balaban J connectivity index is 2.08. The van der Waals surface area contributed by atoms with Gasteiger partial charge in [0.05, 0.1) is 0 Å². The van der Waals surface area contributed by atoms with Crippen molar-refractivity contribution in [1.82, 2.24) is 4.90 Å². The van der Waals surface area contributed by atoms with Crippen molar-refractivity contribution < 1.29 is 9.59 Å². The molecule has 5 heteroatoms. The van der Waals surface area contributed by atoms with Crippen LogP contribution in [0.15, 0.2) is 18.2 Å². The summed E-state index contributed by atoms with van der Waals surface area (Å²) in [5.74, 6) is -0.933. The monoisotopic (exact) mass is 345 g/mol. The van der Waals surface area contributed by atoms with Gasteiger partial charge in [0.2, 0.25) is 0 Å². The molecule has 0 aliphatic carbocycles. The molecule has 0 saturated carbocycles. The Morgan fingerprint density at radius 2 is 1.92 bits per heavy atom. The lowest BCUT2D eigenvalue weighted by Crippen LogP contribution is -2.48. The van der Waals surface area contributed by atoms with Crippen LogP contribution in [-0.2, 0) is 9.59 Å². The van der Waals surface area contributed by atoms with E-state index in [0.717, 1.165) is 50.0 Å². The van der Waals surface area contributed by atoms with Crippen LogP contribution in [0.5, 0.6) is 0 Å². The zero-order valence-electron chi connectivity index (χ0n) is 16.0. The van der Waals surface area contributed by atoms with E-state index in [9.17, 15) is 9.59 Å². The Morgan fingerprint density at radius 3 is 2.52 bits per heavy atom. The van der Waals surface area contributed by atoms with Crippen molar-refractivity contribution >= 4 is 23.2 Å². The van der Waals surface area contributed by atoms with Gasteiger partial charge in [-0.05, 0) is 70.2 Å². The molecule has 1 atom stereocenters. The number of likely N-dealkylation sites (tertiary alicyclic amines) is 1. The van der Waals surface area contributed by atoms with Crippen molar-refractivity contribution in [3.8, 4) is 0 Å². The van der Waals surface area contributed by atoms with Crippen LogP contribution in [0.2, 0.25) is 0 Å². The van der Waals surface area contributed by atoms with Crippen LogP contribution < -0.4 is 10.2 Å². The fourth-order valence-corrected chi connectivity index (χ4v) is 3.57. The molecule has 1 aliphatic heterocycles. The molecule has 1 fully saturated rings. The number of carbonyl (C=O) groups excluding carboxylic acids is 2. The summed E-state index contributed by atoms with van der Waals surface area (Å²) in [7, 11) is 0. The number of amides is 2. The minimum absolute atomic E-state index is 0.193. The van der Waals surface area contributed by atoms with E-state index in [0.29, 0.717) is 12.2 Å². The average Bonchev–Trinajstić information content (AvgIpc) is 2.64. The molecule has 25 heavy (non-hydrogen) atoms. The summed E-state index contributed by atoms with van der Waals surface area (Å²) in [6.07, 6.45) is 4.01. The van der Waals surface area contributed by atoms with Gasteiger partial charge in [-0.1, -0.05) is 6.92 Å². The molecule has 1 N–H and O–H groups in total. The van der Waals surface area contributed by atoms with Crippen molar-refractivity contribution in [2.24, 2.45) is 0 Å². The third-order valence-corrected chi connectivity index (χ3v) is 5.14. The lowest BCUT2D eigenvalue weighted by atomic mass is 10.00. The standard InChI is InChI=1S/C20H31N3O2/c1-5-16-10-8-9-13-23(16)20(25)19(24)21-18-12-11-17(14-15(18)4)22(6-2)7-3/h11-12,14,16H,5-10,13H2,1-4H3,(H,21,24). The highest BCUT2D eigenvalue weighted by atomic mass is 16.2. The fourth-order valence-electron chi connectivity index (χ4n) is 3.57. The van der Waals surface area contributed by atoms with Gasteiger partial charge < -0.3 is 15.1 Å². The summed E-state index contributed by atoms with van der Waals surface area (Å²) in [6.45, 7) is 10.8. The normalized spacial score (nSPS) is 17.3. The Hall–Kier alpha value is -2.04. The second-order valence-electron chi connectivity index (χ2n) is 6.68. The largest absolute Gasteiger partial charge is 0.372 e. The minimum Gasteiger partial charge on any atom is -0.372 e. The van der Waals surface area contributed by atoms with Gasteiger partial charge in [0.1, 0.15) is 0 Å². The number of carbonyl (C=O) groups is 2. The van der Waals surface area contributed by atoms with Gasteiger partial charge in [-0.25, -0.2) is 0 Å². The summed E-state index contributed by atoms with van der Waals surface area (Å²) in [6, 6.07) is 6.14. The zero-order chi connectivity index (χ0) is 18.4. The molecular formula is C20H31N3O2. The van der Waals surface area contributed by atoms with Crippen LogP contribution >= 0.6 is 0 Å². The molecule has 1 heterocycles. The molecule has 2 rings (SSSR count). The average molecular weight is 345 g/mol. The molecule has 138 valence electrons. The third kappa shape index (κ3) is 4.53. The number of hydrogen-bond donors (Lipinski definition) is 1. The smallest absolute Gasteiger partial charge is 0.313 e. The molecule has 1 aromatic carbocycles. The van der Waals surface area contributed by atoms with Crippen molar-refractivity contribution in [2.75, 3.05) is 29.9 Å². The molecular weight excluding hydrogens is 314 g/mol. The van der Waals surface area contributed by atoms with Gasteiger partial charge in [0.15, 0.2) is 0 Å². The van der Waals surface area contributed by atoms with Gasteiger partial charge in [0.25, 0.3) is 0 Å². The van der Waals surface area contributed by atoms with E-state index in [2.05, 4.69) is 37.1 Å². The zero-order valence-corrected chi connectivity index (χ0v) is 16.0. The maximum absolute atomic E-state index is 12.6. The number of anilines is 2. The van der Waals surface area contributed by atoms with Crippen LogP contribution in [0.25, 0.3) is 0 Å². The maximum Gasteiger partial charge on any atom is 0.313 e. The van der Waals surface area contributed by atoms with E-state index in [1.54, 1.807) is 4.90 Å². The first-order chi connectivity index (χ1) is 12.0. The van der Waals surface area contributed by atoms with E-state index in [4.69, 9.17) is 0 Å². The van der Waals surface area contributed by atoms with E-state index in [-0.39, 0.29) is 6.04 Å². The molecule has 0 bridgehead atoms. The molecule has 1 aromatic rings. The molecule has 5 nitrogen and oxygen atoms in total. The van der Waals surface area contributed by atoms with E-state index < -0.39 is 11.8 Å². The number of nitrogens with one attached hydrogen (secondary N) is 1. The second-order valence-corrected chi connectivity index (χ2v) is 6.68. The number of rotatable bonds is 5. The summed E-state index contributed by atoms with van der Waals surface area (Å²) < 4.78 is 0. The number of aryl methyl sites for hydroxylation is 1. The quantitative estimate of drug-likeness (QED) is 0.830.